The second-order valence-electron chi connectivity index (χ2n) is 7.45. The first kappa shape index (κ1) is 13.3. The quantitative estimate of drug-likeness (QED) is 0.905. The predicted octanol–water partition coefficient (Wildman–Crippen LogP) is 3.42. The summed E-state index contributed by atoms with van der Waals surface area (Å²) in [6.45, 7) is 9.32. The maximum Gasteiger partial charge on any atom is 0.246 e. The van der Waals surface area contributed by atoms with Crippen LogP contribution in [0, 0.1) is 11.3 Å². The lowest BCUT2D eigenvalue weighted by Crippen LogP contribution is -2.63. The Labute approximate surface area is 125 Å². The van der Waals surface area contributed by atoms with Crippen LogP contribution in [0.15, 0.2) is 18.2 Å². The largest absolute Gasteiger partial charge is 0.449 e. The first-order valence-electron chi connectivity index (χ1n) is 7.77. The number of hydrogen-bond donors (Lipinski definition) is 1. The molecule has 1 saturated heterocycles. The fourth-order valence-corrected chi connectivity index (χ4v) is 4.11. The minimum atomic E-state index is -0.568. The smallest absolute Gasteiger partial charge is 0.246 e. The summed E-state index contributed by atoms with van der Waals surface area (Å²) in [7, 11) is 0. The van der Waals surface area contributed by atoms with Crippen molar-refractivity contribution >= 4 is 5.69 Å². The molecule has 1 N–H and O–H groups in total. The highest BCUT2D eigenvalue weighted by Crippen LogP contribution is 2.53. The van der Waals surface area contributed by atoms with Gasteiger partial charge in [-0.15, -0.1) is 0 Å². The van der Waals surface area contributed by atoms with E-state index in [2.05, 4.69) is 25.2 Å². The maximum atomic E-state index is 5.85. The van der Waals surface area contributed by atoms with Crippen molar-refractivity contribution in [3.05, 3.63) is 18.2 Å². The molecule has 114 valence electrons. The molecule has 3 unspecified atom stereocenters. The average Bonchev–Trinajstić information content (AvgIpc) is 2.96. The van der Waals surface area contributed by atoms with E-state index >= 15 is 0 Å². The molecule has 0 radical (unpaired) electrons. The van der Waals surface area contributed by atoms with Gasteiger partial charge in [-0.1, -0.05) is 13.8 Å². The van der Waals surface area contributed by atoms with E-state index in [0.29, 0.717) is 18.1 Å². The number of hydrogen-bond acceptors (Lipinski definition) is 4. The maximum absolute atomic E-state index is 5.85. The van der Waals surface area contributed by atoms with Crippen molar-refractivity contribution in [3.8, 4) is 11.5 Å². The highest BCUT2D eigenvalue weighted by molar-refractivity contribution is 5.57. The molecule has 0 aromatic heterocycles. The van der Waals surface area contributed by atoms with Crippen LogP contribution in [0.2, 0.25) is 0 Å². The molecule has 2 fully saturated rings. The standard InChI is InChI=1S/C17H23NO3/c1-16(2)14(11-7-8-19-15(11)16)18-10-5-6-12-13(9-10)21-17(3,4)20-12/h5-6,9,11,14-15,18H,7-8H2,1-4H3. The lowest BCUT2D eigenvalue weighted by molar-refractivity contribution is -0.0923. The molecule has 4 rings (SSSR count). The van der Waals surface area contributed by atoms with Crippen LogP contribution in [0.1, 0.15) is 34.1 Å². The van der Waals surface area contributed by atoms with Gasteiger partial charge >= 0.3 is 0 Å². The van der Waals surface area contributed by atoms with Crippen LogP contribution in [0.25, 0.3) is 0 Å². The van der Waals surface area contributed by atoms with E-state index in [-0.39, 0.29) is 5.41 Å². The van der Waals surface area contributed by atoms with Gasteiger partial charge in [-0.05, 0) is 18.6 Å². The van der Waals surface area contributed by atoms with Crippen molar-refractivity contribution in [2.24, 2.45) is 11.3 Å². The van der Waals surface area contributed by atoms with Crippen LogP contribution in [0.3, 0.4) is 0 Å². The van der Waals surface area contributed by atoms with Crippen LogP contribution in [0.5, 0.6) is 11.5 Å². The zero-order chi connectivity index (χ0) is 14.8. The molecule has 0 amide bonds. The summed E-state index contributed by atoms with van der Waals surface area (Å²) in [5.74, 6) is 1.70. The Hall–Kier alpha value is -1.42. The van der Waals surface area contributed by atoms with Crippen molar-refractivity contribution in [1.82, 2.24) is 0 Å². The topological polar surface area (TPSA) is 39.7 Å². The minimum absolute atomic E-state index is 0.177. The Kier molecular flexibility index (Phi) is 2.57. The van der Waals surface area contributed by atoms with Gasteiger partial charge in [0.1, 0.15) is 0 Å². The lowest BCUT2D eigenvalue weighted by atomic mass is 9.57. The van der Waals surface area contributed by atoms with Crippen molar-refractivity contribution in [3.63, 3.8) is 0 Å². The summed E-state index contributed by atoms with van der Waals surface area (Å²) in [6.07, 6.45) is 1.56. The minimum Gasteiger partial charge on any atom is -0.449 e. The zero-order valence-electron chi connectivity index (χ0n) is 13.1. The first-order valence-corrected chi connectivity index (χ1v) is 7.77. The van der Waals surface area contributed by atoms with Gasteiger partial charge in [0, 0.05) is 49.6 Å². The van der Waals surface area contributed by atoms with Crippen LogP contribution < -0.4 is 14.8 Å². The van der Waals surface area contributed by atoms with Crippen molar-refractivity contribution < 1.29 is 14.2 Å². The van der Waals surface area contributed by atoms with E-state index in [9.17, 15) is 0 Å². The van der Waals surface area contributed by atoms with Gasteiger partial charge in [0.15, 0.2) is 11.5 Å². The monoisotopic (exact) mass is 289 g/mol. The number of nitrogens with one attached hydrogen (secondary N) is 1. The van der Waals surface area contributed by atoms with Crippen molar-refractivity contribution in [1.29, 1.82) is 0 Å². The highest BCUT2D eigenvalue weighted by atomic mass is 16.7. The van der Waals surface area contributed by atoms with Gasteiger partial charge in [0.2, 0.25) is 5.79 Å². The molecule has 2 aliphatic heterocycles. The molecule has 1 aliphatic carbocycles. The third kappa shape index (κ3) is 1.92. The fraction of sp³-hybridized carbons (Fsp3) is 0.647. The van der Waals surface area contributed by atoms with Gasteiger partial charge in [-0.25, -0.2) is 0 Å². The normalized spacial score (nSPS) is 34.2. The number of anilines is 1. The summed E-state index contributed by atoms with van der Waals surface area (Å²) in [5, 5.41) is 3.68. The number of benzene rings is 1. The molecule has 4 heteroatoms. The molecule has 1 aromatic carbocycles. The highest BCUT2D eigenvalue weighted by Gasteiger charge is 2.59. The molecule has 3 atom stereocenters. The summed E-state index contributed by atoms with van der Waals surface area (Å²) in [6, 6.07) is 6.56. The summed E-state index contributed by atoms with van der Waals surface area (Å²) < 4.78 is 17.4. The van der Waals surface area contributed by atoms with Crippen molar-refractivity contribution in [2.45, 2.75) is 52.0 Å². The third-order valence-electron chi connectivity index (χ3n) is 5.08. The first-order chi connectivity index (χ1) is 9.87. The molecule has 3 aliphatic rings. The Morgan fingerprint density at radius 1 is 1.10 bits per heavy atom. The summed E-state index contributed by atoms with van der Waals surface area (Å²) >= 11 is 0. The predicted molar refractivity (Wildman–Crippen MR) is 80.8 cm³/mol. The zero-order valence-corrected chi connectivity index (χ0v) is 13.1. The second kappa shape index (κ2) is 4.07. The van der Waals surface area contributed by atoms with Crippen LogP contribution in [-0.4, -0.2) is 24.5 Å². The van der Waals surface area contributed by atoms with Crippen LogP contribution in [-0.2, 0) is 4.74 Å². The summed E-state index contributed by atoms with van der Waals surface area (Å²) in [5.41, 5.74) is 1.27. The second-order valence-corrected chi connectivity index (χ2v) is 7.45. The molecule has 4 nitrogen and oxygen atoms in total. The Balaban J connectivity index is 1.54. The number of fused-ring (bicyclic) bond motifs is 2. The van der Waals surface area contributed by atoms with Gasteiger partial charge in [0.05, 0.1) is 6.10 Å². The molecule has 0 spiro atoms. The molecule has 1 aromatic rings. The number of ether oxygens (including phenoxy) is 3. The van der Waals surface area contributed by atoms with E-state index in [1.807, 2.05) is 26.0 Å². The van der Waals surface area contributed by atoms with E-state index < -0.39 is 5.79 Å². The molecule has 21 heavy (non-hydrogen) atoms. The Morgan fingerprint density at radius 3 is 2.67 bits per heavy atom. The third-order valence-corrected chi connectivity index (χ3v) is 5.08. The van der Waals surface area contributed by atoms with Crippen molar-refractivity contribution in [2.75, 3.05) is 11.9 Å². The van der Waals surface area contributed by atoms with Gasteiger partial charge in [-0.2, -0.15) is 0 Å². The van der Waals surface area contributed by atoms with E-state index in [0.717, 1.165) is 30.2 Å². The molecular weight excluding hydrogens is 266 g/mol. The Bertz CT molecular complexity index is 581. The lowest BCUT2D eigenvalue weighted by Gasteiger charge is -2.55. The SMILES string of the molecule is CC1(C)Oc2ccc(NC3C4CCOC4C3(C)C)cc2O1. The average molecular weight is 289 g/mol. The summed E-state index contributed by atoms with van der Waals surface area (Å²) in [4.78, 5) is 0. The van der Waals surface area contributed by atoms with Crippen LogP contribution >= 0.6 is 0 Å². The van der Waals surface area contributed by atoms with Gasteiger partial charge in [-0.3, -0.25) is 0 Å². The van der Waals surface area contributed by atoms with Crippen LogP contribution in [0.4, 0.5) is 5.69 Å². The molecular formula is C17H23NO3. The Morgan fingerprint density at radius 2 is 1.86 bits per heavy atom. The van der Waals surface area contributed by atoms with E-state index in [1.54, 1.807) is 0 Å². The van der Waals surface area contributed by atoms with Gasteiger partial charge in [0.25, 0.3) is 0 Å². The fourth-order valence-electron chi connectivity index (χ4n) is 4.11. The molecule has 1 saturated carbocycles. The number of rotatable bonds is 2. The van der Waals surface area contributed by atoms with E-state index in [4.69, 9.17) is 14.2 Å². The molecule has 2 heterocycles. The van der Waals surface area contributed by atoms with Gasteiger partial charge < -0.3 is 19.5 Å². The van der Waals surface area contributed by atoms with E-state index in [1.165, 1.54) is 0 Å². The molecule has 0 bridgehead atoms.